The summed E-state index contributed by atoms with van der Waals surface area (Å²) in [5.41, 5.74) is 2.39. The van der Waals surface area contributed by atoms with E-state index in [1.807, 2.05) is 39.9 Å². The third-order valence-corrected chi connectivity index (χ3v) is 5.83. The first-order valence-electron chi connectivity index (χ1n) is 9.64. The van der Waals surface area contributed by atoms with E-state index in [1.54, 1.807) is 6.07 Å². The Morgan fingerprint density at radius 1 is 1.21 bits per heavy atom. The monoisotopic (exact) mass is 397 g/mol. The minimum absolute atomic E-state index is 0.0761. The van der Waals surface area contributed by atoms with E-state index in [4.69, 9.17) is 4.42 Å². The molecule has 1 aromatic carbocycles. The number of amides is 2. The molecule has 0 spiro atoms. The molecule has 3 aromatic rings. The van der Waals surface area contributed by atoms with Crippen LogP contribution in [0.1, 0.15) is 47.8 Å². The molecule has 1 N–H and O–H groups in total. The molecule has 1 fully saturated rings. The molecule has 0 radical (unpaired) electrons. The highest BCUT2D eigenvalue weighted by atomic mass is 32.1. The van der Waals surface area contributed by atoms with Gasteiger partial charge in [0.15, 0.2) is 11.5 Å². The number of rotatable bonds is 6. The minimum Gasteiger partial charge on any atom is -0.440 e. The zero-order valence-electron chi connectivity index (χ0n) is 15.6. The van der Waals surface area contributed by atoms with Crippen LogP contribution in [0.5, 0.6) is 0 Å². The second-order valence-corrected chi connectivity index (χ2v) is 7.83. The van der Waals surface area contributed by atoms with Crippen molar-refractivity contribution in [3.63, 3.8) is 0 Å². The maximum Gasteiger partial charge on any atom is 0.252 e. The lowest BCUT2D eigenvalue weighted by Gasteiger charge is -2.30. The van der Waals surface area contributed by atoms with Crippen molar-refractivity contribution in [3.8, 4) is 0 Å². The summed E-state index contributed by atoms with van der Waals surface area (Å²) in [6, 6.07) is 9.59. The smallest absolute Gasteiger partial charge is 0.252 e. The van der Waals surface area contributed by atoms with Crippen LogP contribution in [0.4, 0.5) is 0 Å². The van der Waals surface area contributed by atoms with Gasteiger partial charge in [-0.05, 0) is 42.8 Å². The van der Waals surface area contributed by atoms with Crippen molar-refractivity contribution in [1.82, 2.24) is 15.2 Å². The molecule has 2 amide bonds. The van der Waals surface area contributed by atoms with Crippen molar-refractivity contribution in [1.29, 1.82) is 0 Å². The normalized spacial score (nSPS) is 15.1. The lowest BCUT2D eigenvalue weighted by Crippen LogP contribution is -2.38. The summed E-state index contributed by atoms with van der Waals surface area (Å²) in [7, 11) is 0. The maximum atomic E-state index is 12.4. The van der Waals surface area contributed by atoms with Gasteiger partial charge in [-0.25, -0.2) is 4.98 Å². The van der Waals surface area contributed by atoms with E-state index < -0.39 is 0 Å². The first-order valence-corrected chi connectivity index (χ1v) is 10.6. The predicted octanol–water partition coefficient (Wildman–Crippen LogP) is 3.81. The predicted molar refractivity (Wildman–Crippen MR) is 108 cm³/mol. The number of carbonyl (C=O) groups excluding carboxylic acids is 2. The summed E-state index contributed by atoms with van der Waals surface area (Å²) in [5.74, 6) is 1.12. The highest BCUT2D eigenvalue weighted by molar-refractivity contribution is 7.08. The van der Waals surface area contributed by atoms with Crippen molar-refractivity contribution < 1.29 is 14.0 Å². The fraction of sp³-hybridized carbons (Fsp3) is 0.381. The summed E-state index contributed by atoms with van der Waals surface area (Å²) in [5, 5.41) is 6.56. The summed E-state index contributed by atoms with van der Waals surface area (Å²) in [6.45, 7) is 1.97. The number of likely N-dealkylation sites (tertiary alicyclic amines) is 1. The van der Waals surface area contributed by atoms with E-state index in [9.17, 15) is 9.59 Å². The number of thiophene rings is 1. The molecule has 0 unspecified atom stereocenters. The van der Waals surface area contributed by atoms with Crippen LogP contribution in [-0.4, -0.2) is 41.3 Å². The molecule has 1 saturated heterocycles. The van der Waals surface area contributed by atoms with E-state index in [-0.39, 0.29) is 17.7 Å². The van der Waals surface area contributed by atoms with Gasteiger partial charge in [-0.1, -0.05) is 12.1 Å². The van der Waals surface area contributed by atoms with Crippen LogP contribution >= 0.6 is 11.3 Å². The molecular weight excluding hydrogens is 374 g/mol. The highest BCUT2D eigenvalue weighted by Crippen LogP contribution is 2.30. The van der Waals surface area contributed by atoms with Gasteiger partial charge in [0.05, 0.1) is 0 Å². The molecule has 6 nitrogen and oxygen atoms in total. The van der Waals surface area contributed by atoms with Gasteiger partial charge in [-0.3, -0.25) is 9.59 Å². The van der Waals surface area contributed by atoms with Crippen LogP contribution in [0.25, 0.3) is 11.1 Å². The van der Waals surface area contributed by atoms with Crippen LogP contribution in [0.2, 0.25) is 0 Å². The van der Waals surface area contributed by atoms with Crippen molar-refractivity contribution in [2.24, 2.45) is 0 Å². The highest BCUT2D eigenvalue weighted by Gasteiger charge is 2.26. The fourth-order valence-electron chi connectivity index (χ4n) is 3.54. The number of hydrogen-bond acceptors (Lipinski definition) is 5. The topological polar surface area (TPSA) is 75.4 Å². The molecule has 0 bridgehead atoms. The van der Waals surface area contributed by atoms with E-state index in [0.29, 0.717) is 24.9 Å². The first kappa shape index (κ1) is 18.7. The molecule has 7 heteroatoms. The number of para-hydroxylation sites is 2. The Bertz CT molecular complexity index is 910. The first-order chi connectivity index (χ1) is 13.7. The van der Waals surface area contributed by atoms with Gasteiger partial charge in [-0.2, -0.15) is 11.3 Å². The van der Waals surface area contributed by atoms with Crippen LogP contribution < -0.4 is 5.32 Å². The molecule has 1 aliphatic rings. The molecule has 3 heterocycles. The largest absolute Gasteiger partial charge is 0.440 e. The molecule has 2 aromatic heterocycles. The van der Waals surface area contributed by atoms with Gasteiger partial charge in [0, 0.05) is 42.9 Å². The number of hydrogen-bond donors (Lipinski definition) is 1. The second kappa shape index (κ2) is 8.56. The number of fused-ring (bicyclic) bond motifs is 1. The maximum absolute atomic E-state index is 12.4. The van der Waals surface area contributed by atoms with E-state index >= 15 is 0 Å². The summed E-state index contributed by atoms with van der Waals surface area (Å²) < 4.78 is 5.88. The number of benzene rings is 1. The molecular formula is C21H23N3O3S. The van der Waals surface area contributed by atoms with Gasteiger partial charge in [-0.15, -0.1) is 0 Å². The zero-order chi connectivity index (χ0) is 19.3. The Balaban J connectivity index is 1.20. The van der Waals surface area contributed by atoms with E-state index in [2.05, 4.69) is 10.3 Å². The van der Waals surface area contributed by atoms with Gasteiger partial charge in [0.2, 0.25) is 5.91 Å². The lowest BCUT2D eigenvalue weighted by molar-refractivity contribution is -0.132. The molecule has 1 aliphatic heterocycles. The van der Waals surface area contributed by atoms with Crippen molar-refractivity contribution in [2.75, 3.05) is 19.6 Å². The van der Waals surface area contributed by atoms with Gasteiger partial charge >= 0.3 is 0 Å². The number of nitrogens with zero attached hydrogens (tertiary/aromatic N) is 2. The second-order valence-electron chi connectivity index (χ2n) is 7.05. The Kier molecular flexibility index (Phi) is 5.71. The standard InChI is InChI=1S/C21H23N3O3S/c25-19(6-3-10-22-20(26)16-9-13-28-14-16)24-11-7-15(8-12-24)21-23-17-4-1-2-5-18(17)27-21/h1-2,4-5,9,13-15H,3,6-8,10-12H2,(H,22,26). The number of piperidine rings is 1. The number of carbonyl (C=O) groups is 2. The lowest BCUT2D eigenvalue weighted by atomic mass is 9.96. The van der Waals surface area contributed by atoms with Gasteiger partial charge in [0.1, 0.15) is 5.52 Å². The number of oxazole rings is 1. The number of nitrogens with one attached hydrogen (secondary N) is 1. The Morgan fingerprint density at radius 2 is 2.04 bits per heavy atom. The molecule has 0 atom stereocenters. The number of aromatic nitrogens is 1. The van der Waals surface area contributed by atoms with E-state index in [1.165, 1.54) is 11.3 Å². The Hall–Kier alpha value is -2.67. The third-order valence-electron chi connectivity index (χ3n) is 5.14. The minimum atomic E-state index is -0.0761. The van der Waals surface area contributed by atoms with Gasteiger partial charge in [0.25, 0.3) is 5.91 Å². The van der Waals surface area contributed by atoms with Crippen LogP contribution in [-0.2, 0) is 4.79 Å². The van der Waals surface area contributed by atoms with Crippen molar-refractivity contribution >= 4 is 34.3 Å². The van der Waals surface area contributed by atoms with Crippen LogP contribution in [0.15, 0.2) is 45.5 Å². The molecule has 146 valence electrons. The molecule has 4 rings (SSSR count). The summed E-state index contributed by atoms with van der Waals surface area (Å²) in [4.78, 5) is 30.8. The summed E-state index contributed by atoms with van der Waals surface area (Å²) >= 11 is 1.50. The zero-order valence-corrected chi connectivity index (χ0v) is 16.4. The fourth-order valence-corrected chi connectivity index (χ4v) is 4.17. The van der Waals surface area contributed by atoms with Crippen molar-refractivity contribution in [2.45, 2.75) is 31.6 Å². The SMILES string of the molecule is O=C(NCCCC(=O)N1CCC(c2nc3ccccc3o2)CC1)c1ccsc1. The Morgan fingerprint density at radius 3 is 2.79 bits per heavy atom. The Labute approximate surface area is 167 Å². The van der Waals surface area contributed by atoms with Crippen molar-refractivity contribution in [3.05, 3.63) is 52.5 Å². The molecule has 28 heavy (non-hydrogen) atoms. The molecule has 0 saturated carbocycles. The van der Waals surface area contributed by atoms with Crippen LogP contribution in [0, 0.1) is 0 Å². The van der Waals surface area contributed by atoms with E-state index in [0.717, 1.165) is 42.9 Å². The average molecular weight is 398 g/mol. The summed E-state index contributed by atoms with van der Waals surface area (Å²) in [6.07, 6.45) is 2.85. The quantitative estimate of drug-likeness (QED) is 0.642. The third kappa shape index (κ3) is 4.25. The molecule has 0 aliphatic carbocycles. The average Bonchev–Trinajstić information content (AvgIpc) is 3.41. The van der Waals surface area contributed by atoms with Gasteiger partial charge < -0.3 is 14.6 Å². The van der Waals surface area contributed by atoms with Crippen LogP contribution in [0.3, 0.4) is 0 Å².